The highest BCUT2D eigenvalue weighted by atomic mass is 79.9. The summed E-state index contributed by atoms with van der Waals surface area (Å²) < 4.78 is 8.18. The zero-order valence-electron chi connectivity index (χ0n) is 18.3. The molecule has 0 amide bonds. The summed E-state index contributed by atoms with van der Waals surface area (Å²) in [5, 5.41) is 10.3. The summed E-state index contributed by atoms with van der Waals surface area (Å²) in [6.07, 6.45) is 9.34. The number of fused-ring (bicyclic) bond motifs is 1. The molecule has 178 valence electrons. The number of hydrogen-bond donors (Lipinski definition) is 1. The summed E-state index contributed by atoms with van der Waals surface area (Å²) in [7, 11) is 0. The number of anilines is 1. The van der Waals surface area contributed by atoms with E-state index in [1.807, 2.05) is 6.07 Å². The van der Waals surface area contributed by atoms with Gasteiger partial charge in [0.05, 0.1) is 23.4 Å². The maximum absolute atomic E-state index is 13.0. The monoisotopic (exact) mass is 555 g/mol. The van der Waals surface area contributed by atoms with Gasteiger partial charge in [-0.1, -0.05) is 11.6 Å². The van der Waals surface area contributed by atoms with Crippen LogP contribution in [0.2, 0.25) is 5.02 Å². The molecule has 1 saturated heterocycles. The van der Waals surface area contributed by atoms with Gasteiger partial charge in [-0.2, -0.15) is 0 Å². The summed E-state index contributed by atoms with van der Waals surface area (Å²) in [6, 6.07) is 7.06. The average Bonchev–Trinajstić information content (AvgIpc) is 3.32. The normalized spacial score (nSPS) is 15.5. The molecule has 0 aliphatic carbocycles. The van der Waals surface area contributed by atoms with Crippen LogP contribution in [0.1, 0.15) is 23.2 Å². The number of rotatable bonds is 6. The van der Waals surface area contributed by atoms with Gasteiger partial charge in [-0.3, -0.25) is 14.3 Å². The largest absolute Gasteiger partial charge is 0.477 e. The van der Waals surface area contributed by atoms with E-state index in [1.165, 1.54) is 24.8 Å². The summed E-state index contributed by atoms with van der Waals surface area (Å²) in [5.41, 5.74) is 0.474. The fraction of sp³-hybridized carbons (Fsp3) is 0.208. The molecule has 0 spiro atoms. The number of halogens is 2. The molecule has 11 heteroatoms. The van der Waals surface area contributed by atoms with E-state index in [9.17, 15) is 14.7 Å². The molecule has 4 heterocycles. The van der Waals surface area contributed by atoms with Crippen molar-refractivity contribution < 1.29 is 14.6 Å². The number of ether oxygens (including phenoxy) is 1. The van der Waals surface area contributed by atoms with Gasteiger partial charge in [0.1, 0.15) is 17.2 Å². The highest BCUT2D eigenvalue weighted by molar-refractivity contribution is 9.10. The van der Waals surface area contributed by atoms with E-state index < -0.39 is 11.4 Å². The highest BCUT2D eigenvalue weighted by Gasteiger charge is 2.28. The van der Waals surface area contributed by atoms with Gasteiger partial charge >= 0.3 is 5.97 Å². The Labute approximate surface area is 213 Å². The molecule has 35 heavy (non-hydrogen) atoms. The van der Waals surface area contributed by atoms with Crippen LogP contribution in [0.4, 0.5) is 5.69 Å². The number of hydrogen-bond acceptors (Lipinski definition) is 7. The van der Waals surface area contributed by atoms with Crippen molar-refractivity contribution in [1.82, 2.24) is 19.5 Å². The van der Waals surface area contributed by atoms with Crippen molar-refractivity contribution >= 4 is 50.1 Å². The van der Waals surface area contributed by atoms with Gasteiger partial charge in [0, 0.05) is 41.2 Å². The first-order chi connectivity index (χ1) is 16.9. The van der Waals surface area contributed by atoms with Crippen molar-refractivity contribution in [2.45, 2.75) is 18.9 Å². The van der Waals surface area contributed by atoms with Crippen molar-refractivity contribution in [3.8, 4) is 11.7 Å². The lowest BCUT2D eigenvalue weighted by atomic mass is 10.1. The number of carbonyl (C=O) groups is 1. The minimum absolute atomic E-state index is 0.0526. The standard InChI is InChI=1S/C24H19BrClN5O4/c25-17-9-15-19(31(21-11-27-6-7-28-21)12-16(22(15)32)24(33)34)10-20(17)30-8-2-3-14(30)13-35-23-18(26)4-1-5-29-23/h1,4-7,9-12,14H,2-3,8,13H2,(H,33,34)/t14-/m1/s1. The van der Waals surface area contributed by atoms with E-state index in [0.717, 1.165) is 25.1 Å². The molecule has 0 unspecified atom stereocenters. The van der Waals surface area contributed by atoms with Crippen molar-refractivity contribution in [2.24, 2.45) is 0 Å². The number of nitrogens with zero attached hydrogens (tertiary/aromatic N) is 5. The molecule has 9 nitrogen and oxygen atoms in total. The highest BCUT2D eigenvalue weighted by Crippen LogP contribution is 2.36. The minimum atomic E-state index is -1.31. The topological polar surface area (TPSA) is 110 Å². The molecule has 4 aromatic rings. The lowest BCUT2D eigenvalue weighted by molar-refractivity contribution is 0.0695. The molecule has 0 saturated carbocycles. The van der Waals surface area contributed by atoms with Crippen LogP contribution < -0.4 is 15.1 Å². The number of carboxylic acids is 1. The van der Waals surface area contributed by atoms with Crippen LogP contribution in [-0.2, 0) is 0 Å². The number of aromatic nitrogens is 4. The molecular weight excluding hydrogens is 538 g/mol. The van der Waals surface area contributed by atoms with E-state index in [1.54, 1.807) is 29.0 Å². The van der Waals surface area contributed by atoms with Gasteiger partial charge in [-0.25, -0.2) is 14.8 Å². The quantitative estimate of drug-likeness (QED) is 0.374. The average molecular weight is 557 g/mol. The summed E-state index contributed by atoms with van der Waals surface area (Å²) in [4.78, 5) is 39.6. The lowest BCUT2D eigenvalue weighted by Gasteiger charge is -2.28. The fourth-order valence-electron chi connectivity index (χ4n) is 4.29. The second-order valence-electron chi connectivity index (χ2n) is 8.02. The van der Waals surface area contributed by atoms with Gasteiger partial charge < -0.3 is 14.7 Å². The Morgan fingerprint density at radius 3 is 2.86 bits per heavy atom. The Morgan fingerprint density at radius 2 is 2.11 bits per heavy atom. The van der Waals surface area contributed by atoms with E-state index in [-0.39, 0.29) is 17.0 Å². The van der Waals surface area contributed by atoms with Crippen LogP contribution in [-0.4, -0.2) is 49.8 Å². The van der Waals surface area contributed by atoms with Crippen molar-refractivity contribution in [1.29, 1.82) is 0 Å². The van der Waals surface area contributed by atoms with E-state index in [0.29, 0.717) is 33.3 Å². The first kappa shape index (κ1) is 23.3. The predicted octanol–water partition coefficient (Wildman–Crippen LogP) is 4.34. The third-order valence-electron chi connectivity index (χ3n) is 5.92. The summed E-state index contributed by atoms with van der Waals surface area (Å²) >= 11 is 9.79. The lowest BCUT2D eigenvalue weighted by Crippen LogP contribution is -2.34. The first-order valence-electron chi connectivity index (χ1n) is 10.8. The Kier molecular flexibility index (Phi) is 6.40. The van der Waals surface area contributed by atoms with E-state index in [4.69, 9.17) is 16.3 Å². The van der Waals surface area contributed by atoms with Gasteiger partial charge in [-0.15, -0.1) is 0 Å². The molecule has 1 aliphatic heterocycles. The van der Waals surface area contributed by atoms with Crippen LogP contribution in [0.15, 0.2) is 64.5 Å². The zero-order chi connectivity index (χ0) is 24.5. The summed E-state index contributed by atoms with van der Waals surface area (Å²) in [6.45, 7) is 1.17. The van der Waals surface area contributed by atoms with Crippen LogP contribution in [0.5, 0.6) is 5.88 Å². The Balaban J connectivity index is 1.58. The van der Waals surface area contributed by atoms with Crippen LogP contribution in [0.3, 0.4) is 0 Å². The third-order valence-corrected chi connectivity index (χ3v) is 6.85. The Bertz CT molecular complexity index is 1480. The SMILES string of the molecule is O=C(O)c1cn(-c2cnccn2)c2cc(N3CCC[C@@H]3COc3ncccc3Cl)c(Br)cc2c1=O. The second kappa shape index (κ2) is 9.63. The third kappa shape index (κ3) is 4.46. The molecule has 1 aliphatic rings. The fourth-order valence-corrected chi connectivity index (χ4v) is 5.04. The maximum atomic E-state index is 13.0. The molecular formula is C24H19BrClN5O4. The van der Waals surface area contributed by atoms with Crippen molar-refractivity contribution in [3.05, 3.63) is 80.5 Å². The second-order valence-corrected chi connectivity index (χ2v) is 9.28. The zero-order valence-corrected chi connectivity index (χ0v) is 20.6. The molecule has 3 aromatic heterocycles. The molecule has 1 atom stereocenters. The first-order valence-corrected chi connectivity index (χ1v) is 12.0. The van der Waals surface area contributed by atoms with Crippen molar-refractivity contribution in [3.63, 3.8) is 0 Å². The molecule has 1 aromatic carbocycles. The van der Waals surface area contributed by atoms with Gasteiger partial charge in [0.2, 0.25) is 11.3 Å². The number of benzene rings is 1. The summed E-state index contributed by atoms with van der Waals surface area (Å²) in [5.74, 6) is -0.518. The van der Waals surface area contributed by atoms with Crippen LogP contribution in [0, 0.1) is 0 Å². The minimum Gasteiger partial charge on any atom is -0.477 e. The molecule has 1 fully saturated rings. The van der Waals surface area contributed by atoms with Crippen LogP contribution >= 0.6 is 27.5 Å². The van der Waals surface area contributed by atoms with Gasteiger partial charge in [0.25, 0.3) is 0 Å². The molecule has 5 rings (SSSR count). The number of carboxylic acid groups (broad SMARTS) is 1. The Morgan fingerprint density at radius 1 is 1.26 bits per heavy atom. The number of aromatic carboxylic acids is 1. The van der Waals surface area contributed by atoms with Gasteiger partial charge in [-0.05, 0) is 53.0 Å². The van der Waals surface area contributed by atoms with Crippen LogP contribution in [0.25, 0.3) is 16.7 Å². The molecule has 0 bridgehead atoms. The van der Waals surface area contributed by atoms with Crippen molar-refractivity contribution in [2.75, 3.05) is 18.1 Å². The molecule has 1 N–H and O–H groups in total. The molecule has 0 radical (unpaired) electrons. The predicted molar refractivity (Wildman–Crippen MR) is 135 cm³/mol. The van der Waals surface area contributed by atoms with E-state index in [2.05, 4.69) is 35.8 Å². The van der Waals surface area contributed by atoms with E-state index >= 15 is 0 Å². The smallest absolute Gasteiger partial charge is 0.341 e. The van der Waals surface area contributed by atoms with Gasteiger partial charge in [0.15, 0.2) is 5.82 Å². The number of pyridine rings is 2. The maximum Gasteiger partial charge on any atom is 0.341 e. The Hall–Kier alpha value is -3.50.